The van der Waals surface area contributed by atoms with Crippen LogP contribution >= 0.6 is 22.6 Å². The highest BCUT2D eigenvalue weighted by molar-refractivity contribution is 14.1. The van der Waals surface area contributed by atoms with Crippen molar-refractivity contribution >= 4 is 28.5 Å². The molecule has 0 bridgehead atoms. The molecule has 0 aliphatic rings. The average Bonchev–Trinajstić information content (AvgIpc) is 2.16. The Morgan fingerprint density at radius 2 is 2.15 bits per heavy atom. The maximum atomic E-state index is 11.5. The zero-order valence-corrected chi connectivity index (χ0v) is 9.15. The van der Waals surface area contributed by atoms with Crippen LogP contribution in [0.3, 0.4) is 0 Å². The molecule has 0 saturated carbocycles. The van der Waals surface area contributed by atoms with Gasteiger partial charge >= 0.3 is 0 Å². The molecule has 1 rings (SSSR count). The van der Waals surface area contributed by atoms with Crippen LogP contribution in [0.25, 0.3) is 0 Å². The number of hydrogen-bond donors (Lipinski definition) is 0. The Bertz CT molecular complexity index is 370. The third-order valence-corrected chi connectivity index (χ3v) is 2.50. The van der Waals surface area contributed by atoms with E-state index in [4.69, 9.17) is 5.26 Å². The molecule has 0 unspecified atom stereocenters. The number of rotatable bonds is 1. The van der Waals surface area contributed by atoms with Crippen molar-refractivity contribution in [1.29, 1.82) is 5.26 Å². The lowest BCUT2D eigenvalue weighted by molar-refractivity contribution is 0.0857. The second-order valence-corrected chi connectivity index (χ2v) is 3.61. The molecular formula is C9H7IN2O. The first kappa shape index (κ1) is 9.99. The summed E-state index contributed by atoms with van der Waals surface area (Å²) in [5.41, 5.74) is 0.562. The van der Waals surface area contributed by atoms with E-state index in [1.54, 1.807) is 18.3 Å². The highest BCUT2D eigenvalue weighted by atomic mass is 127. The number of carbonyl (C=O) groups excluding carboxylic acids is 1. The molecule has 0 spiro atoms. The van der Waals surface area contributed by atoms with Gasteiger partial charge in [-0.15, -0.1) is 0 Å². The SMILES string of the molecule is CN(C#N)C(=O)c1ccccc1I. The molecule has 0 radical (unpaired) electrons. The number of amides is 1. The lowest BCUT2D eigenvalue weighted by Crippen LogP contribution is -2.21. The Hall–Kier alpha value is -1.09. The maximum absolute atomic E-state index is 11.5. The quantitative estimate of drug-likeness (QED) is 0.449. The van der Waals surface area contributed by atoms with E-state index < -0.39 is 0 Å². The van der Waals surface area contributed by atoms with Gasteiger partial charge < -0.3 is 0 Å². The van der Waals surface area contributed by atoms with E-state index in [0.29, 0.717) is 5.56 Å². The average molecular weight is 286 g/mol. The Kier molecular flexibility index (Phi) is 3.25. The van der Waals surface area contributed by atoms with Crippen molar-refractivity contribution in [2.45, 2.75) is 0 Å². The van der Waals surface area contributed by atoms with E-state index in [0.717, 1.165) is 8.47 Å². The number of carbonyl (C=O) groups is 1. The zero-order chi connectivity index (χ0) is 9.84. The fraction of sp³-hybridized carbons (Fsp3) is 0.111. The molecule has 1 aromatic rings. The molecular weight excluding hydrogens is 279 g/mol. The Balaban J connectivity index is 3.04. The van der Waals surface area contributed by atoms with Crippen LogP contribution in [0.2, 0.25) is 0 Å². The van der Waals surface area contributed by atoms with Crippen LogP contribution in [0.15, 0.2) is 24.3 Å². The van der Waals surface area contributed by atoms with Crippen LogP contribution in [0.5, 0.6) is 0 Å². The first-order valence-electron chi connectivity index (χ1n) is 3.59. The molecule has 1 aromatic carbocycles. The van der Waals surface area contributed by atoms with Crippen LogP contribution < -0.4 is 0 Å². The number of nitriles is 1. The molecule has 0 aliphatic heterocycles. The highest BCUT2D eigenvalue weighted by Crippen LogP contribution is 2.12. The normalized spacial score (nSPS) is 9.00. The molecule has 0 fully saturated rings. The molecule has 4 heteroatoms. The Morgan fingerprint density at radius 1 is 1.54 bits per heavy atom. The van der Waals surface area contributed by atoms with Crippen molar-refractivity contribution in [1.82, 2.24) is 4.90 Å². The van der Waals surface area contributed by atoms with Gasteiger partial charge in [0, 0.05) is 10.6 Å². The minimum atomic E-state index is -0.271. The summed E-state index contributed by atoms with van der Waals surface area (Å²) in [5, 5.41) is 8.51. The van der Waals surface area contributed by atoms with Crippen LogP contribution in [0, 0.1) is 15.0 Å². The summed E-state index contributed by atoms with van der Waals surface area (Å²) < 4.78 is 0.854. The van der Waals surface area contributed by atoms with E-state index in [2.05, 4.69) is 22.6 Å². The van der Waals surface area contributed by atoms with Crippen LogP contribution in [-0.4, -0.2) is 17.9 Å². The van der Waals surface area contributed by atoms with Gasteiger partial charge in [0.25, 0.3) is 5.91 Å². The van der Waals surface area contributed by atoms with Gasteiger partial charge in [0.1, 0.15) is 0 Å². The van der Waals surface area contributed by atoms with E-state index in [1.165, 1.54) is 7.05 Å². The second kappa shape index (κ2) is 4.23. The molecule has 0 aromatic heterocycles. The summed E-state index contributed by atoms with van der Waals surface area (Å²) in [5.74, 6) is -0.271. The topological polar surface area (TPSA) is 44.1 Å². The lowest BCUT2D eigenvalue weighted by atomic mass is 10.2. The van der Waals surface area contributed by atoms with Gasteiger partial charge in [0.15, 0.2) is 6.19 Å². The number of hydrogen-bond acceptors (Lipinski definition) is 2. The summed E-state index contributed by atoms with van der Waals surface area (Å²) in [6.07, 6.45) is 1.77. The van der Waals surface area contributed by atoms with E-state index in [9.17, 15) is 4.79 Å². The summed E-state index contributed by atoms with van der Waals surface area (Å²) in [4.78, 5) is 12.5. The van der Waals surface area contributed by atoms with Crippen molar-refractivity contribution < 1.29 is 4.79 Å². The molecule has 0 heterocycles. The van der Waals surface area contributed by atoms with Crippen molar-refractivity contribution in [2.75, 3.05) is 7.05 Å². The third-order valence-electron chi connectivity index (χ3n) is 1.56. The van der Waals surface area contributed by atoms with Gasteiger partial charge in [-0.05, 0) is 34.7 Å². The van der Waals surface area contributed by atoms with Crippen LogP contribution in [0.1, 0.15) is 10.4 Å². The molecule has 66 valence electrons. The molecule has 0 saturated heterocycles. The van der Waals surface area contributed by atoms with Crippen molar-refractivity contribution in [2.24, 2.45) is 0 Å². The van der Waals surface area contributed by atoms with Gasteiger partial charge in [-0.2, -0.15) is 5.26 Å². The number of nitrogens with zero attached hydrogens (tertiary/aromatic N) is 2. The predicted molar refractivity (Wildman–Crippen MR) is 56.9 cm³/mol. The van der Waals surface area contributed by atoms with E-state index in [1.807, 2.05) is 12.1 Å². The molecule has 13 heavy (non-hydrogen) atoms. The van der Waals surface area contributed by atoms with Crippen molar-refractivity contribution in [3.05, 3.63) is 33.4 Å². The van der Waals surface area contributed by atoms with Gasteiger partial charge in [0.05, 0.1) is 5.56 Å². The smallest absolute Gasteiger partial charge is 0.267 e. The fourth-order valence-corrected chi connectivity index (χ4v) is 1.48. The number of halogens is 1. The standard InChI is InChI=1S/C9H7IN2O/c1-12(6-11)9(13)7-4-2-3-5-8(7)10/h2-5H,1H3. The Labute approximate surface area is 90.1 Å². The molecule has 3 nitrogen and oxygen atoms in total. The predicted octanol–water partition coefficient (Wildman–Crippen LogP) is 1.84. The van der Waals surface area contributed by atoms with Gasteiger partial charge in [-0.3, -0.25) is 4.79 Å². The molecule has 0 atom stereocenters. The summed E-state index contributed by atoms with van der Waals surface area (Å²) >= 11 is 2.07. The third kappa shape index (κ3) is 2.18. The van der Waals surface area contributed by atoms with Gasteiger partial charge in [0.2, 0.25) is 0 Å². The first-order chi connectivity index (χ1) is 6.16. The molecule has 1 amide bonds. The number of benzene rings is 1. The largest absolute Gasteiger partial charge is 0.268 e. The van der Waals surface area contributed by atoms with Crippen molar-refractivity contribution in [3.8, 4) is 6.19 Å². The minimum Gasteiger partial charge on any atom is -0.268 e. The van der Waals surface area contributed by atoms with Gasteiger partial charge in [-0.25, -0.2) is 4.90 Å². The van der Waals surface area contributed by atoms with Gasteiger partial charge in [-0.1, -0.05) is 12.1 Å². The van der Waals surface area contributed by atoms with E-state index in [-0.39, 0.29) is 5.91 Å². The van der Waals surface area contributed by atoms with Crippen LogP contribution in [0.4, 0.5) is 0 Å². The summed E-state index contributed by atoms with van der Waals surface area (Å²) in [7, 11) is 1.45. The summed E-state index contributed by atoms with van der Waals surface area (Å²) in [6.45, 7) is 0. The van der Waals surface area contributed by atoms with E-state index >= 15 is 0 Å². The Morgan fingerprint density at radius 3 is 2.69 bits per heavy atom. The maximum Gasteiger partial charge on any atom is 0.267 e. The van der Waals surface area contributed by atoms with Crippen LogP contribution in [-0.2, 0) is 0 Å². The van der Waals surface area contributed by atoms with Crippen molar-refractivity contribution in [3.63, 3.8) is 0 Å². The highest BCUT2D eigenvalue weighted by Gasteiger charge is 2.12. The second-order valence-electron chi connectivity index (χ2n) is 2.44. The molecule has 0 aliphatic carbocycles. The fourth-order valence-electron chi connectivity index (χ4n) is 0.861. The zero-order valence-electron chi connectivity index (χ0n) is 6.99. The molecule has 0 N–H and O–H groups in total. The minimum absolute atomic E-state index is 0.271. The lowest BCUT2D eigenvalue weighted by Gasteiger charge is -2.07. The first-order valence-corrected chi connectivity index (χ1v) is 4.67. The summed E-state index contributed by atoms with van der Waals surface area (Å²) in [6, 6.07) is 7.17. The monoisotopic (exact) mass is 286 g/mol.